The van der Waals surface area contributed by atoms with Crippen LogP contribution in [0.15, 0.2) is 24.3 Å². The summed E-state index contributed by atoms with van der Waals surface area (Å²) in [4.78, 5) is 23.2. The van der Waals surface area contributed by atoms with E-state index in [0.29, 0.717) is 18.4 Å². The number of carbonyl (C=O) groups is 2. The van der Waals surface area contributed by atoms with E-state index < -0.39 is 17.8 Å². The van der Waals surface area contributed by atoms with E-state index in [2.05, 4.69) is 5.32 Å². The molecule has 0 aliphatic heterocycles. The Balaban J connectivity index is 2.53. The van der Waals surface area contributed by atoms with Crippen LogP contribution in [0.1, 0.15) is 32.8 Å². The Hall–Kier alpha value is -1.91. The first kappa shape index (κ1) is 18.1. The molecule has 1 aromatic rings. The summed E-state index contributed by atoms with van der Waals surface area (Å²) in [5, 5.41) is 11.8. The van der Waals surface area contributed by atoms with E-state index in [4.69, 9.17) is 5.11 Å². The van der Waals surface area contributed by atoms with E-state index in [9.17, 15) is 14.0 Å². The van der Waals surface area contributed by atoms with Gasteiger partial charge in [0.2, 0.25) is 5.91 Å². The van der Waals surface area contributed by atoms with Crippen LogP contribution in [0.4, 0.5) is 4.39 Å². The van der Waals surface area contributed by atoms with Gasteiger partial charge in [-0.25, -0.2) is 4.39 Å². The maximum atomic E-state index is 13.6. The predicted octanol–water partition coefficient (Wildman–Crippen LogP) is 2.87. The first-order valence-corrected chi connectivity index (χ1v) is 7.55. The number of carboxylic acid groups (broad SMARTS) is 1. The Bertz CT molecular complexity index is 516. The lowest BCUT2D eigenvalue weighted by Gasteiger charge is -2.17. The smallest absolute Gasteiger partial charge is 0.308 e. The van der Waals surface area contributed by atoms with Gasteiger partial charge in [0.1, 0.15) is 5.82 Å². The molecule has 0 aliphatic carbocycles. The average Bonchev–Trinajstić information content (AvgIpc) is 2.44. The number of aliphatic carboxylic acids is 1. The molecule has 0 radical (unpaired) electrons. The lowest BCUT2D eigenvalue weighted by Crippen LogP contribution is -2.37. The van der Waals surface area contributed by atoms with Crippen LogP contribution in [0.2, 0.25) is 0 Å². The van der Waals surface area contributed by atoms with Gasteiger partial charge in [-0.05, 0) is 30.4 Å². The quantitative estimate of drug-likeness (QED) is 0.776. The fraction of sp³-hybridized carbons (Fsp3) is 0.529. The standard InChI is InChI=1S/C17H24FNO3/c1-11(2)8-14(17(21)22)10-19-16(20)12(3)9-13-6-4-5-7-15(13)18/h4-7,11-12,14H,8-10H2,1-3H3,(H,19,20)(H,21,22). The molecule has 0 aromatic heterocycles. The SMILES string of the molecule is CC(C)CC(CNC(=O)C(C)Cc1ccccc1F)C(=O)O. The Morgan fingerprint density at radius 1 is 1.23 bits per heavy atom. The number of benzene rings is 1. The first-order valence-electron chi connectivity index (χ1n) is 7.55. The minimum absolute atomic E-state index is 0.105. The zero-order valence-electron chi connectivity index (χ0n) is 13.3. The number of hydrogen-bond acceptors (Lipinski definition) is 2. The number of amides is 1. The van der Waals surface area contributed by atoms with E-state index in [-0.39, 0.29) is 24.2 Å². The summed E-state index contributed by atoms with van der Waals surface area (Å²) in [5.41, 5.74) is 0.488. The zero-order valence-corrected chi connectivity index (χ0v) is 13.3. The molecule has 2 N–H and O–H groups in total. The van der Waals surface area contributed by atoms with E-state index in [1.54, 1.807) is 25.1 Å². The fourth-order valence-electron chi connectivity index (χ4n) is 2.33. The van der Waals surface area contributed by atoms with Gasteiger partial charge in [-0.1, -0.05) is 39.0 Å². The third-order valence-corrected chi connectivity index (χ3v) is 3.56. The highest BCUT2D eigenvalue weighted by Gasteiger charge is 2.21. The lowest BCUT2D eigenvalue weighted by atomic mass is 9.96. The molecule has 122 valence electrons. The van der Waals surface area contributed by atoms with Crippen molar-refractivity contribution in [1.82, 2.24) is 5.32 Å². The van der Waals surface area contributed by atoms with Gasteiger partial charge in [-0.2, -0.15) is 0 Å². The van der Waals surface area contributed by atoms with Gasteiger partial charge in [-0.15, -0.1) is 0 Å². The monoisotopic (exact) mass is 309 g/mol. The molecule has 0 fully saturated rings. The first-order chi connectivity index (χ1) is 10.3. The maximum absolute atomic E-state index is 13.6. The van der Waals surface area contributed by atoms with Crippen LogP contribution in [0.5, 0.6) is 0 Å². The van der Waals surface area contributed by atoms with Crippen molar-refractivity contribution < 1.29 is 19.1 Å². The molecular weight excluding hydrogens is 285 g/mol. The molecule has 4 nitrogen and oxygen atoms in total. The van der Waals surface area contributed by atoms with Crippen LogP contribution in [-0.4, -0.2) is 23.5 Å². The van der Waals surface area contributed by atoms with Crippen molar-refractivity contribution in [2.24, 2.45) is 17.8 Å². The van der Waals surface area contributed by atoms with Gasteiger partial charge in [0.25, 0.3) is 0 Å². The minimum atomic E-state index is -0.907. The molecule has 22 heavy (non-hydrogen) atoms. The number of carboxylic acids is 1. The Morgan fingerprint density at radius 3 is 2.41 bits per heavy atom. The highest BCUT2D eigenvalue weighted by Crippen LogP contribution is 2.14. The van der Waals surface area contributed by atoms with E-state index >= 15 is 0 Å². The zero-order chi connectivity index (χ0) is 16.7. The molecule has 0 heterocycles. The maximum Gasteiger partial charge on any atom is 0.308 e. The number of hydrogen-bond donors (Lipinski definition) is 2. The van der Waals surface area contributed by atoms with Gasteiger partial charge in [0, 0.05) is 12.5 Å². The van der Waals surface area contributed by atoms with Crippen molar-refractivity contribution >= 4 is 11.9 Å². The van der Waals surface area contributed by atoms with Crippen molar-refractivity contribution in [1.29, 1.82) is 0 Å². The third-order valence-electron chi connectivity index (χ3n) is 3.56. The van der Waals surface area contributed by atoms with Crippen LogP contribution in [0, 0.1) is 23.6 Å². The normalized spacial score (nSPS) is 13.7. The fourth-order valence-corrected chi connectivity index (χ4v) is 2.33. The average molecular weight is 309 g/mol. The molecule has 0 saturated carbocycles. The summed E-state index contributed by atoms with van der Waals surface area (Å²) < 4.78 is 13.6. The number of halogens is 1. The van der Waals surface area contributed by atoms with Gasteiger partial charge >= 0.3 is 5.97 Å². The van der Waals surface area contributed by atoms with Crippen LogP contribution in [0.3, 0.4) is 0 Å². The van der Waals surface area contributed by atoms with Crippen molar-refractivity contribution in [3.8, 4) is 0 Å². The van der Waals surface area contributed by atoms with E-state index in [1.165, 1.54) is 6.07 Å². The summed E-state index contributed by atoms with van der Waals surface area (Å²) >= 11 is 0. The van der Waals surface area contributed by atoms with Gasteiger partial charge in [0.15, 0.2) is 0 Å². The Labute approximate surface area is 130 Å². The Morgan fingerprint density at radius 2 is 1.86 bits per heavy atom. The summed E-state index contributed by atoms with van der Waals surface area (Å²) in [6.45, 7) is 5.70. The van der Waals surface area contributed by atoms with Crippen LogP contribution in [0.25, 0.3) is 0 Å². The largest absolute Gasteiger partial charge is 0.481 e. The minimum Gasteiger partial charge on any atom is -0.481 e. The van der Waals surface area contributed by atoms with Gasteiger partial charge in [-0.3, -0.25) is 9.59 Å². The van der Waals surface area contributed by atoms with Crippen LogP contribution in [-0.2, 0) is 16.0 Å². The summed E-state index contributed by atoms with van der Waals surface area (Å²) in [6.07, 6.45) is 0.803. The van der Waals surface area contributed by atoms with Crippen molar-refractivity contribution in [2.45, 2.75) is 33.6 Å². The molecule has 1 aromatic carbocycles. The molecule has 1 amide bonds. The summed E-state index contributed by atoms with van der Waals surface area (Å²) in [6, 6.07) is 6.35. The molecule has 2 atom stereocenters. The number of rotatable bonds is 8. The summed E-state index contributed by atoms with van der Waals surface area (Å²) in [5.74, 6) is -2.25. The highest BCUT2D eigenvalue weighted by molar-refractivity contribution is 5.79. The molecule has 0 bridgehead atoms. The molecule has 2 unspecified atom stereocenters. The molecule has 0 aliphatic rings. The van der Waals surface area contributed by atoms with Crippen LogP contribution >= 0.6 is 0 Å². The number of carbonyl (C=O) groups excluding carboxylic acids is 1. The third kappa shape index (κ3) is 5.84. The van der Waals surface area contributed by atoms with Crippen molar-refractivity contribution in [3.63, 3.8) is 0 Å². The van der Waals surface area contributed by atoms with Crippen molar-refractivity contribution in [3.05, 3.63) is 35.6 Å². The van der Waals surface area contributed by atoms with Crippen LogP contribution < -0.4 is 5.32 Å². The second kappa shape index (κ2) is 8.51. The van der Waals surface area contributed by atoms with Crippen molar-refractivity contribution in [2.75, 3.05) is 6.54 Å². The Kier molecular flexibility index (Phi) is 7.02. The number of nitrogens with one attached hydrogen (secondary N) is 1. The molecule has 1 rings (SSSR count). The van der Waals surface area contributed by atoms with E-state index in [0.717, 1.165) is 0 Å². The lowest BCUT2D eigenvalue weighted by molar-refractivity contribution is -0.142. The molecule has 0 saturated heterocycles. The molecule has 0 spiro atoms. The second-order valence-corrected chi connectivity index (χ2v) is 6.11. The summed E-state index contributed by atoms with van der Waals surface area (Å²) in [7, 11) is 0. The topological polar surface area (TPSA) is 66.4 Å². The molecule has 5 heteroatoms. The van der Waals surface area contributed by atoms with Gasteiger partial charge in [0.05, 0.1) is 5.92 Å². The van der Waals surface area contributed by atoms with E-state index in [1.807, 2.05) is 13.8 Å². The predicted molar refractivity (Wildman–Crippen MR) is 82.9 cm³/mol. The highest BCUT2D eigenvalue weighted by atomic mass is 19.1. The molecular formula is C17H24FNO3. The van der Waals surface area contributed by atoms with Gasteiger partial charge < -0.3 is 10.4 Å². The second-order valence-electron chi connectivity index (χ2n) is 6.11.